The number of sulfonamides is 1. The quantitative estimate of drug-likeness (QED) is 0.788. The van der Waals surface area contributed by atoms with Gasteiger partial charge in [-0.15, -0.1) is 0 Å². The summed E-state index contributed by atoms with van der Waals surface area (Å²) in [5.74, 6) is -0.0811. The lowest BCUT2D eigenvalue weighted by Crippen LogP contribution is -2.26. The molecule has 0 unspecified atom stereocenters. The minimum Gasteiger partial charge on any atom is -0.468 e. The van der Waals surface area contributed by atoms with Gasteiger partial charge in [0.15, 0.2) is 5.58 Å². The minimum absolute atomic E-state index is 0.0705. The van der Waals surface area contributed by atoms with Crippen molar-refractivity contribution in [2.45, 2.75) is 11.4 Å². The predicted octanol–water partition coefficient (Wildman–Crippen LogP) is 1.53. The van der Waals surface area contributed by atoms with Crippen molar-refractivity contribution in [3.63, 3.8) is 0 Å². The standard InChI is InChI=1S/C13H12N2O5S/c1-15(8-9-3-2-6-19-9)21(17,18)10-4-5-12-11(7-10)14-13(16)20-12/h2-7H,8H2,1H3,(H,14,16). The molecule has 7 nitrogen and oxygen atoms in total. The van der Waals surface area contributed by atoms with Crippen LogP contribution in [-0.4, -0.2) is 24.8 Å². The van der Waals surface area contributed by atoms with Gasteiger partial charge < -0.3 is 8.83 Å². The van der Waals surface area contributed by atoms with E-state index in [9.17, 15) is 13.2 Å². The van der Waals surface area contributed by atoms with E-state index in [-0.39, 0.29) is 11.4 Å². The van der Waals surface area contributed by atoms with Crippen LogP contribution in [0.4, 0.5) is 0 Å². The lowest BCUT2D eigenvalue weighted by Gasteiger charge is -2.15. The fourth-order valence-electron chi connectivity index (χ4n) is 1.98. The summed E-state index contributed by atoms with van der Waals surface area (Å²) in [6.45, 7) is 0.120. The Bertz CT molecular complexity index is 921. The van der Waals surface area contributed by atoms with Gasteiger partial charge in [-0.05, 0) is 30.3 Å². The van der Waals surface area contributed by atoms with Crippen LogP contribution in [0, 0.1) is 0 Å². The smallest absolute Gasteiger partial charge is 0.417 e. The number of oxazole rings is 1. The topological polar surface area (TPSA) is 96.5 Å². The summed E-state index contributed by atoms with van der Waals surface area (Å²) in [6, 6.07) is 7.60. The molecular weight excluding hydrogens is 296 g/mol. The Labute approximate surface area is 119 Å². The summed E-state index contributed by atoms with van der Waals surface area (Å²) in [5, 5.41) is 0. The van der Waals surface area contributed by atoms with Crippen LogP contribution in [0.2, 0.25) is 0 Å². The molecular formula is C13H12N2O5S. The number of hydrogen-bond acceptors (Lipinski definition) is 5. The lowest BCUT2D eigenvalue weighted by atomic mass is 10.3. The van der Waals surface area contributed by atoms with Crippen molar-refractivity contribution in [3.8, 4) is 0 Å². The highest BCUT2D eigenvalue weighted by molar-refractivity contribution is 7.89. The molecule has 0 aliphatic carbocycles. The van der Waals surface area contributed by atoms with Gasteiger partial charge in [0.1, 0.15) is 5.76 Å². The second kappa shape index (κ2) is 4.90. The molecule has 0 fully saturated rings. The first-order chi connectivity index (χ1) is 9.96. The molecule has 0 bridgehead atoms. The van der Waals surface area contributed by atoms with Gasteiger partial charge in [-0.2, -0.15) is 4.31 Å². The number of benzene rings is 1. The summed E-state index contributed by atoms with van der Waals surface area (Å²) in [4.78, 5) is 13.6. The molecule has 0 radical (unpaired) electrons. The highest BCUT2D eigenvalue weighted by atomic mass is 32.2. The molecule has 1 N–H and O–H groups in total. The first kappa shape index (κ1) is 13.7. The first-order valence-electron chi connectivity index (χ1n) is 6.08. The molecule has 0 aliphatic rings. The molecule has 110 valence electrons. The first-order valence-corrected chi connectivity index (χ1v) is 7.52. The van der Waals surface area contributed by atoms with Gasteiger partial charge in [0.05, 0.1) is 23.2 Å². The molecule has 21 heavy (non-hydrogen) atoms. The van der Waals surface area contributed by atoms with Crippen LogP contribution in [-0.2, 0) is 16.6 Å². The number of nitrogens with one attached hydrogen (secondary N) is 1. The van der Waals surface area contributed by atoms with Crippen LogP contribution in [0.5, 0.6) is 0 Å². The largest absolute Gasteiger partial charge is 0.468 e. The van der Waals surface area contributed by atoms with Crippen molar-refractivity contribution in [2.24, 2.45) is 0 Å². The van der Waals surface area contributed by atoms with E-state index >= 15 is 0 Å². The Hall–Kier alpha value is -2.32. The van der Waals surface area contributed by atoms with Crippen LogP contribution in [0.3, 0.4) is 0 Å². The third kappa shape index (κ3) is 2.50. The van der Waals surface area contributed by atoms with Gasteiger partial charge in [0, 0.05) is 7.05 Å². The molecule has 8 heteroatoms. The van der Waals surface area contributed by atoms with Crippen molar-refractivity contribution >= 4 is 21.1 Å². The van der Waals surface area contributed by atoms with E-state index in [1.807, 2.05) is 0 Å². The molecule has 3 aromatic rings. The van der Waals surface area contributed by atoms with Crippen molar-refractivity contribution in [1.29, 1.82) is 0 Å². The summed E-state index contributed by atoms with van der Waals surface area (Å²) >= 11 is 0. The van der Waals surface area contributed by atoms with E-state index in [1.165, 1.54) is 35.8 Å². The third-order valence-corrected chi connectivity index (χ3v) is 4.86. The number of hydrogen-bond donors (Lipinski definition) is 1. The van der Waals surface area contributed by atoms with E-state index in [2.05, 4.69) is 4.98 Å². The number of furan rings is 1. The summed E-state index contributed by atoms with van der Waals surface area (Å²) in [7, 11) is -2.23. The van der Waals surface area contributed by atoms with Crippen LogP contribution >= 0.6 is 0 Å². The van der Waals surface area contributed by atoms with E-state index in [4.69, 9.17) is 8.83 Å². The molecule has 0 saturated heterocycles. The zero-order chi connectivity index (χ0) is 15.0. The van der Waals surface area contributed by atoms with E-state index in [0.717, 1.165) is 0 Å². The minimum atomic E-state index is -3.69. The monoisotopic (exact) mass is 308 g/mol. The van der Waals surface area contributed by atoms with Crippen LogP contribution in [0.25, 0.3) is 11.1 Å². The highest BCUT2D eigenvalue weighted by Crippen LogP contribution is 2.20. The normalized spacial score (nSPS) is 12.3. The SMILES string of the molecule is CN(Cc1ccco1)S(=O)(=O)c1ccc2oc(=O)[nH]c2c1. The molecule has 0 aliphatic heterocycles. The van der Waals surface area contributed by atoms with Gasteiger partial charge in [-0.3, -0.25) is 4.98 Å². The number of aromatic nitrogens is 1. The van der Waals surface area contributed by atoms with Crippen molar-refractivity contribution < 1.29 is 17.3 Å². The average Bonchev–Trinajstić information content (AvgIpc) is 3.05. The van der Waals surface area contributed by atoms with Crippen LogP contribution in [0.15, 0.2) is 55.1 Å². The second-order valence-electron chi connectivity index (χ2n) is 4.51. The predicted molar refractivity (Wildman–Crippen MR) is 74.2 cm³/mol. The van der Waals surface area contributed by atoms with Crippen molar-refractivity contribution in [1.82, 2.24) is 9.29 Å². The van der Waals surface area contributed by atoms with Gasteiger partial charge in [0.25, 0.3) is 0 Å². The maximum Gasteiger partial charge on any atom is 0.417 e. The summed E-state index contributed by atoms with van der Waals surface area (Å²) < 4.78 is 36.1. The molecule has 0 atom stereocenters. The Morgan fingerprint density at radius 2 is 2.10 bits per heavy atom. The zero-order valence-corrected chi connectivity index (χ0v) is 11.9. The second-order valence-corrected chi connectivity index (χ2v) is 6.56. The maximum absolute atomic E-state index is 12.5. The Kier molecular flexibility index (Phi) is 3.19. The van der Waals surface area contributed by atoms with Crippen molar-refractivity contribution in [2.75, 3.05) is 7.05 Å². The van der Waals surface area contributed by atoms with Gasteiger partial charge in [0.2, 0.25) is 10.0 Å². The number of H-pyrrole nitrogens is 1. The Balaban J connectivity index is 1.96. The zero-order valence-electron chi connectivity index (χ0n) is 11.1. The molecule has 0 saturated carbocycles. The molecule has 0 spiro atoms. The Morgan fingerprint density at radius 1 is 1.29 bits per heavy atom. The lowest BCUT2D eigenvalue weighted by molar-refractivity contribution is 0.406. The fraction of sp³-hybridized carbons (Fsp3) is 0.154. The fourth-order valence-corrected chi connectivity index (χ4v) is 3.14. The molecule has 3 rings (SSSR count). The van der Waals surface area contributed by atoms with E-state index in [1.54, 1.807) is 12.1 Å². The summed E-state index contributed by atoms with van der Waals surface area (Å²) in [6.07, 6.45) is 1.48. The number of fused-ring (bicyclic) bond motifs is 1. The molecule has 2 heterocycles. The van der Waals surface area contributed by atoms with Crippen LogP contribution in [0.1, 0.15) is 5.76 Å². The average molecular weight is 308 g/mol. The maximum atomic E-state index is 12.5. The number of nitrogens with zero attached hydrogens (tertiary/aromatic N) is 1. The molecule has 2 aromatic heterocycles. The number of aromatic amines is 1. The molecule has 0 amide bonds. The highest BCUT2D eigenvalue weighted by Gasteiger charge is 2.22. The van der Waals surface area contributed by atoms with Gasteiger partial charge >= 0.3 is 5.76 Å². The van der Waals surface area contributed by atoms with Gasteiger partial charge in [-0.1, -0.05) is 0 Å². The van der Waals surface area contributed by atoms with E-state index < -0.39 is 15.8 Å². The third-order valence-electron chi connectivity index (χ3n) is 3.06. The van der Waals surface area contributed by atoms with Gasteiger partial charge in [-0.25, -0.2) is 13.2 Å². The van der Waals surface area contributed by atoms with Crippen LogP contribution < -0.4 is 5.76 Å². The number of rotatable bonds is 4. The van der Waals surface area contributed by atoms with E-state index in [0.29, 0.717) is 16.9 Å². The summed E-state index contributed by atoms with van der Waals surface area (Å²) in [5.41, 5.74) is 0.653. The van der Waals surface area contributed by atoms with Crippen molar-refractivity contribution in [3.05, 3.63) is 52.9 Å². The Morgan fingerprint density at radius 3 is 2.81 bits per heavy atom. The molecule has 1 aromatic carbocycles.